The molecule has 0 aromatic heterocycles. The van der Waals surface area contributed by atoms with Crippen LogP contribution in [0.5, 0.6) is 0 Å². The van der Waals surface area contributed by atoms with E-state index in [-0.39, 0.29) is 6.03 Å². The molecule has 0 heterocycles. The van der Waals surface area contributed by atoms with Crippen molar-refractivity contribution in [3.05, 3.63) is 12.7 Å². The Balaban J connectivity index is 3.29. The van der Waals surface area contributed by atoms with E-state index >= 15 is 0 Å². The predicted octanol–water partition coefficient (Wildman–Crippen LogP) is 1.13. The molecule has 3 heteroatoms. The van der Waals surface area contributed by atoms with Crippen LogP contribution in [0.3, 0.4) is 0 Å². The Hall–Kier alpha value is -0.990. The molecule has 11 heavy (non-hydrogen) atoms. The molecule has 0 aliphatic heterocycles. The average Bonchev–Trinajstić information content (AvgIpc) is 1.97. The first-order valence-electron chi connectivity index (χ1n) is 3.79. The molecule has 0 fully saturated rings. The van der Waals surface area contributed by atoms with Crippen molar-refractivity contribution in [3.8, 4) is 0 Å². The van der Waals surface area contributed by atoms with E-state index in [1.54, 1.807) is 6.08 Å². The highest BCUT2D eigenvalue weighted by Gasteiger charge is 1.97. The molecule has 0 aromatic rings. The Bertz CT molecular complexity index is 132. The molecule has 0 saturated heterocycles. The number of amides is 2. The van der Waals surface area contributed by atoms with Crippen LogP contribution in [0.1, 0.15) is 13.8 Å². The monoisotopic (exact) mass is 156 g/mol. The fourth-order valence-electron chi connectivity index (χ4n) is 0.524. The van der Waals surface area contributed by atoms with Crippen LogP contribution >= 0.6 is 0 Å². The fourth-order valence-corrected chi connectivity index (χ4v) is 0.524. The molecule has 0 saturated carbocycles. The van der Waals surface area contributed by atoms with E-state index < -0.39 is 0 Å². The van der Waals surface area contributed by atoms with E-state index in [1.165, 1.54) is 0 Å². The summed E-state index contributed by atoms with van der Waals surface area (Å²) in [5.41, 5.74) is 0. The van der Waals surface area contributed by atoms with Gasteiger partial charge in [-0.15, -0.1) is 6.58 Å². The number of carbonyl (C=O) groups excluding carboxylic acids is 1. The number of rotatable bonds is 4. The summed E-state index contributed by atoms with van der Waals surface area (Å²) in [5.74, 6) is 0.490. The minimum Gasteiger partial charge on any atom is -0.338 e. The Labute approximate surface area is 67.9 Å². The lowest BCUT2D eigenvalue weighted by molar-refractivity contribution is 0.240. The first-order valence-corrected chi connectivity index (χ1v) is 3.79. The molecular weight excluding hydrogens is 140 g/mol. The topological polar surface area (TPSA) is 41.1 Å². The maximum atomic E-state index is 10.8. The molecule has 0 atom stereocenters. The summed E-state index contributed by atoms with van der Waals surface area (Å²) >= 11 is 0. The van der Waals surface area contributed by atoms with Crippen LogP contribution in [0, 0.1) is 5.92 Å². The van der Waals surface area contributed by atoms with Gasteiger partial charge in [0.1, 0.15) is 0 Å². The van der Waals surface area contributed by atoms with Gasteiger partial charge in [0, 0.05) is 13.1 Å². The van der Waals surface area contributed by atoms with Crippen molar-refractivity contribution < 1.29 is 4.79 Å². The first-order chi connectivity index (χ1) is 5.16. The van der Waals surface area contributed by atoms with Gasteiger partial charge in [0.05, 0.1) is 0 Å². The van der Waals surface area contributed by atoms with Crippen LogP contribution in [0.2, 0.25) is 0 Å². The molecule has 0 spiro atoms. The van der Waals surface area contributed by atoms with Gasteiger partial charge < -0.3 is 10.6 Å². The van der Waals surface area contributed by atoms with Gasteiger partial charge >= 0.3 is 6.03 Å². The van der Waals surface area contributed by atoms with Crippen LogP contribution in [-0.4, -0.2) is 19.1 Å². The van der Waals surface area contributed by atoms with Crippen molar-refractivity contribution in [3.63, 3.8) is 0 Å². The van der Waals surface area contributed by atoms with Gasteiger partial charge in [-0.25, -0.2) is 4.79 Å². The highest BCUT2D eigenvalue weighted by atomic mass is 16.2. The van der Waals surface area contributed by atoms with Crippen molar-refractivity contribution in [2.24, 2.45) is 5.92 Å². The summed E-state index contributed by atoms with van der Waals surface area (Å²) in [6, 6.07) is -0.126. The lowest BCUT2D eigenvalue weighted by Gasteiger charge is -2.07. The Morgan fingerprint density at radius 2 is 2.18 bits per heavy atom. The average molecular weight is 156 g/mol. The number of carbonyl (C=O) groups is 1. The molecule has 3 nitrogen and oxygen atoms in total. The molecule has 0 aromatic carbocycles. The summed E-state index contributed by atoms with van der Waals surface area (Å²) in [6.07, 6.45) is 1.65. The number of hydrogen-bond donors (Lipinski definition) is 2. The lowest BCUT2D eigenvalue weighted by Crippen LogP contribution is -2.37. The third kappa shape index (κ3) is 6.90. The van der Waals surface area contributed by atoms with Gasteiger partial charge in [-0.3, -0.25) is 0 Å². The second-order valence-corrected chi connectivity index (χ2v) is 2.77. The summed E-state index contributed by atoms with van der Waals surface area (Å²) in [5, 5.41) is 5.34. The maximum absolute atomic E-state index is 10.8. The summed E-state index contributed by atoms with van der Waals surface area (Å²) in [6.45, 7) is 8.81. The van der Waals surface area contributed by atoms with E-state index in [1.807, 2.05) is 13.8 Å². The van der Waals surface area contributed by atoms with E-state index in [4.69, 9.17) is 0 Å². The molecular formula is C8H16N2O. The molecule has 2 N–H and O–H groups in total. The summed E-state index contributed by atoms with van der Waals surface area (Å²) in [7, 11) is 0. The van der Waals surface area contributed by atoms with Crippen LogP contribution in [0.4, 0.5) is 4.79 Å². The Morgan fingerprint density at radius 1 is 1.55 bits per heavy atom. The highest BCUT2D eigenvalue weighted by molar-refractivity contribution is 5.73. The van der Waals surface area contributed by atoms with Gasteiger partial charge in [0.15, 0.2) is 0 Å². The molecule has 0 radical (unpaired) electrons. The molecule has 2 amide bonds. The normalized spacial score (nSPS) is 9.36. The van der Waals surface area contributed by atoms with E-state index in [9.17, 15) is 4.79 Å². The van der Waals surface area contributed by atoms with E-state index in [0.717, 1.165) is 0 Å². The highest BCUT2D eigenvalue weighted by Crippen LogP contribution is 1.85. The molecule has 0 bridgehead atoms. The zero-order valence-corrected chi connectivity index (χ0v) is 7.18. The molecule has 0 aliphatic rings. The van der Waals surface area contributed by atoms with Crippen molar-refractivity contribution in [2.45, 2.75) is 13.8 Å². The van der Waals surface area contributed by atoms with Crippen molar-refractivity contribution in [2.75, 3.05) is 13.1 Å². The number of nitrogens with one attached hydrogen (secondary N) is 2. The number of hydrogen-bond acceptors (Lipinski definition) is 1. The van der Waals surface area contributed by atoms with E-state index in [2.05, 4.69) is 17.2 Å². The Morgan fingerprint density at radius 3 is 2.64 bits per heavy atom. The van der Waals surface area contributed by atoms with Gasteiger partial charge in [-0.1, -0.05) is 19.9 Å². The lowest BCUT2D eigenvalue weighted by atomic mass is 10.2. The van der Waals surface area contributed by atoms with Crippen molar-refractivity contribution >= 4 is 6.03 Å². The van der Waals surface area contributed by atoms with Gasteiger partial charge in [-0.2, -0.15) is 0 Å². The zero-order valence-electron chi connectivity index (χ0n) is 7.18. The van der Waals surface area contributed by atoms with Crippen LogP contribution in [0.15, 0.2) is 12.7 Å². The van der Waals surface area contributed by atoms with Crippen LogP contribution in [-0.2, 0) is 0 Å². The predicted molar refractivity (Wildman–Crippen MR) is 46.4 cm³/mol. The third-order valence-electron chi connectivity index (χ3n) is 1.08. The summed E-state index contributed by atoms with van der Waals surface area (Å²) in [4.78, 5) is 10.8. The molecule has 64 valence electrons. The van der Waals surface area contributed by atoms with Gasteiger partial charge in [0.25, 0.3) is 0 Å². The Kier molecular flexibility index (Phi) is 5.25. The third-order valence-corrected chi connectivity index (χ3v) is 1.08. The van der Waals surface area contributed by atoms with E-state index in [0.29, 0.717) is 19.0 Å². The second-order valence-electron chi connectivity index (χ2n) is 2.77. The van der Waals surface area contributed by atoms with Crippen molar-refractivity contribution in [1.29, 1.82) is 0 Å². The quantitative estimate of drug-likeness (QED) is 0.588. The largest absolute Gasteiger partial charge is 0.338 e. The van der Waals surface area contributed by atoms with Gasteiger partial charge in [0.2, 0.25) is 0 Å². The number of urea groups is 1. The minimum absolute atomic E-state index is 0.126. The SMILES string of the molecule is C=CCNC(=O)NCC(C)C. The standard InChI is InChI=1S/C8H16N2O/c1-4-5-9-8(11)10-6-7(2)3/h4,7H,1,5-6H2,2-3H3,(H2,9,10,11). The summed E-state index contributed by atoms with van der Waals surface area (Å²) < 4.78 is 0. The maximum Gasteiger partial charge on any atom is 0.315 e. The van der Waals surface area contributed by atoms with Gasteiger partial charge in [-0.05, 0) is 5.92 Å². The van der Waals surface area contributed by atoms with Crippen LogP contribution < -0.4 is 10.6 Å². The first kappa shape index (κ1) is 10.0. The fraction of sp³-hybridized carbons (Fsp3) is 0.625. The minimum atomic E-state index is -0.126. The molecule has 0 aliphatic carbocycles. The zero-order chi connectivity index (χ0) is 8.69. The molecule has 0 rings (SSSR count). The second kappa shape index (κ2) is 5.77. The van der Waals surface area contributed by atoms with Crippen molar-refractivity contribution in [1.82, 2.24) is 10.6 Å². The smallest absolute Gasteiger partial charge is 0.315 e. The molecule has 0 unspecified atom stereocenters. The van der Waals surface area contributed by atoms with Crippen LogP contribution in [0.25, 0.3) is 0 Å².